The molecule has 1 N–H and O–H groups in total. The second-order valence-electron chi connectivity index (χ2n) is 5.82. The molecule has 0 amide bonds. The fourth-order valence-corrected chi connectivity index (χ4v) is 5.00. The molecule has 1 heterocycles. The average molecular weight is 306 g/mol. The van der Waals surface area contributed by atoms with Crippen LogP contribution in [-0.2, 0) is 0 Å². The topological polar surface area (TPSA) is 12.0 Å². The molecule has 4 rings (SSSR count). The predicted octanol–water partition coefficient (Wildman–Crippen LogP) is 4.73. The van der Waals surface area contributed by atoms with Crippen molar-refractivity contribution in [3.63, 3.8) is 0 Å². The Morgan fingerprint density at radius 2 is 2.05 bits per heavy atom. The minimum atomic E-state index is 0. The summed E-state index contributed by atoms with van der Waals surface area (Å²) < 4.78 is 1.48. The van der Waals surface area contributed by atoms with E-state index in [1.807, 2.05) is 11.3 Å². The van der Waals surface area contributed by atoms with Crippen molar-refractivity contribution < 1.29 is 0 Å². The van der Waals surface area contributed by atoms with Gasteiger partial charge < -0.3 is 5.32 Å². The first kappa shape index (κ1) is 14.1. The Morgan fingerprint density at radius 3 is 2.90 bits per heavy atom. The maximum absolute atomic E-state index is 3.38. The second kappa shape index (κ2) is 5.51. The third-order valence-electron chi connectivity index (χ3n) is 4.82. The maximum atomic E-state index is 3.38. The Kier molecular flexibility index (Phi) is 3.89. The van der Waals surface area contributed by atoms with Crippen molar-refractivity contribution in [3.05, 3.63) is 40.8 Å². The SMILES string of the molecule is CNCC1=C(c2cccc3ccsc23)[C@@H]2CC[C@H]1C2.Cl. The minimum absolute atomic E-state index is 0. The van der Waals surface area contributed by atoms with Crippen LogP contribution in [0.1, 0.15) is 24.8 Å². The van der Waals surface area contributed by atoms with Crippen LogP contribution in [0.2, 0.25) is 0 Å². The van der Waals surface area contributed by atoms with E-state index in [9.17, 15) is 0 Å². The Hall–Kier alpha value is -0.830. The summed E-state index contributed by atoms with van der Waals surface area (Å²) in [5.41, 5.74) is 4.89. The smallest absolute Gasteiger partial charge is 0.0417 e. The highest BCUT2D eigenvalue weighted by atomic mass is 35.5. The zero-order chi connectivity index (χ0) is 12.8. The van der Waals surface area contributed by atoms with Gasteiger partial charge >= 0.3 is 0 Å². The Balaban J connectivity index is 0.00000121. The monoisotopic (exact) mass is 305 g/mol. The standard InChI is InChI=1S/C17H19NS.ClH/c1-18-10-15-12-5-6-13(9-12)16(15)14-4-2-3-11-7-8-19-17(11)14;/h2-4,7-8,12-13,18H,5-6,9-10H2,1H3;1H/t12-,13+;/m0./s1. The van der Waals surface area contributed by atoms with E-state index < -0.39 is 0 Å². The van der Waals surface area contributed by atoms with E-state index in [1.54, 1.807) is 11.1 Å². The first-order chi connectivity index (χ1) is 9.38. The molecule has 2 bridgehead atoms. The summed E-state index contributed by atoms with van der Waals surface area (Å²) in [5.74, 6) is 1.67. The van der Waals surface area contributed by atoms with Gasteiger partial charge in [0, 0.05) is 11.2 Å². The summed E-state index contributed by atoms with van der Waals surface area (Å²) in [6.07, 6.45) is 4.20. The van der Waals surface area contributed by atoms with Gasteiger partial charge in [0.1, 0.15) is 0 Å². The molecule has 0 radical (unpaired) electrons. The Bertz CT molecular complexity index is 658. The highest BCUT2D eigenvalue weighted by Crippen LogP contribution is 2.53. The van der Waals surface area contributed by atoms with Crippen LogP contribution in [-0.4, -0.2) is 13.6 Å². The van der Waals surface area contributed by atoms with E-state index in [2.05, 4.69) is 42.0 Å². The molecule has 1 aromatic carbocycles. The fourth-order valence-electron chi connectivity index (χ4n) is 4.07. The largest absolute Gasteiger partial charge is 0.316 e. The molecule has 1 nitrogen and oxygen atoms in total. The van der Waals surface area contributed by atoms with Crippen LogP contribution in [0.5, 0.6) is 0 Å². The Morgan fingerprint density at radius 1 is 1.20 bits per heavy atom. The molecule has 1 saturated carbocycles. The molecule has 106 valence electrons. The minimum Gasteiger partial charge on any atom is -0.316 e. The fraction of sp³-hybridized carbons (Fsp3) is 0.412. The summed E-state index contributed by atoms with van der Waals surface area (Å²) in [4.78, 5) is 0. The maximum Gasteiger partial charge on any atom is 0.0417 e. The second-order valence-corrected chi connectivity index (χ2v) is 6.74. The third-order valence-corrected chi connectivity index (χ3v) is 5.78. The van der Waals surface area contributed by atoms with Crippen molar-refractivity contribution in [1.29, 1.82) is 0 Å². The number of fused-ring (bicyclic) bond motifs is 3. The van der Waals surface area contributed by atoms with Gasteiger partial charge in [0.15, 0.2) is 0 Å². The molecule has 0 aliphatic heterocycles. The lowest BCUT2D eigenvalue weighted by Gasteiger charge is -2.20. The van der Waals surface area contributed by atoms with Crippen molar-refractivity contribution in [1.82, 2.24) is 5.32 Å². The number of allylic oxidation sites excluding steroid dienone is 1. The van der Waals surface area contributed by atoms with E-state index in [0.717, 1.165) is 18.4 Å². The molecule has 2 atom stereocenters. The summed E-state index contributed by atoms with van der Waals surface area (Å²) in [5, 5.41) is 7.01. The molecule has 2 aliphatic carbocycles. The van der Waals surface area contributed by atoms with Crippen molar-refractivity contribution >= 4 is 39.4 Å². The molecule has 3 heteroatoms. The van der Waals surface area contributed by atoms with Crippen LogP contribution < -0.4 is 5.32 Å². The molecule has 2 aromatic rings. The molecule has 1 fully saturated rings. The molecule has 0 saturated heterocycles. The first-order valence-corrected chi connectivity index (χ1v) is 8.10. The van der Waals surface area contributed by atoms with Gasteiger partial charge in [0.25, 0.3) is 0 Å². The van der Waals surface area contributed by atoms with Crippen LogP contribution in [0, 0.1) is 11.8 Å². The highest BCUT2D eigenvalue weighted by Gasteiger charge is 2.39. The molecule has 1 aromatic heterocycles. The molecular weight excluding hydrogens is 286 g/mol. The molecule has 20 heavy (non-hydrogen) atoms. The summed E-state index contributed by atoms with van der Waals surface area (Å²) in [6.45, 7) is 1.07. The van der Waals surface area contributed by atoms with E-state index in [0.29, 0.717) is 0 Å². The van der Waals surface area contributed by atoms with Crippen LogP contribution in [0.15, 0.2) is 35.2 Å². The third kappa shape index (κ3) is 2.02. The van der Waals surface area contributed by atoms with E-state index in [-0.39, 0.29) is 12.4 Å². The lowest BCUT2D eigenvalue weighted by molar-refractivity contribution is 0.627. The van der Waals surface area contributed by atoms with Gasteiger partial charge in [-0.2, -0.15) is 0 Å². The first-order valence-electron chi connectivity index (χ1n) is 7.22. The zero-order valence-corrected chi connectivity index (χ0v) is 13.3. The van der Waals surface area contributed by atoms with Crippen molar-refractivity contribution in [3.8, 4) is 0 Å². The number of benzene rings is 1. The van der Waals surface area contributed by atoms with Gasteiger partial charge in [-0.15, -0.1) is 23.7 Å². The number of hydrogen-bond acceptors (Lipinski definition) is 2. The van der Waals surface area contributed by atoms with E-state index in [1.165, 1.54) is 34.9 Å². The number of halogens is 1. The van der Waals surface area contributed by atoms with Crippen LogP contribution >= 0.6 is 23.7 Å². The summed E-state index contributed by atoms with van der Waals surface area (Å²) >= 11 is 1.89. The molecule has 0 spiro atoms. The van der Waals surface area contributed by atoms with Gasteiger partial charge in [-0.05, 0) is 71.7 Å². The van der Waals surface area contributed by atoms with Crippen molar-refractivity contribution in [2.24, 2.45) is 11.8 Å². The van der Waals surface area contributed by atoms with Crippen LogP contribution in [0.25, 0.3) is 15.7 Å². The van der Waals surface area contributed by atoms with Gasteiger partial charge in [0.05, 0.1) is 0 Å². The molecule has 0 unspecified atom stereocenters. The number of hydrogen-bond donors (Lipinski definition) is 1. The molecule has 2 aliphatic rings. The number of thiophene rings is 1. The normalized spacial score (nSPS) is 24.4. The van der Waals surface area contributed by atoms with Crippen LogP contribution in [0.3, 0.4) is 0 Å². The van der Waals surface area contributed by atoms with Crippen molar-refractivity contribution in [2.45, 2.75) is 19.3 Å². The van der Waals surface area contributed by atoms with Gasteiger partial charge in [-0.3, -0.25) is 0 Å². The molecular formula is C17H20ClNS. The van der Waals surface area contributed by atoms with Gasteiger partial charge in [0.2, 0.25) is 0 Å². The lowest BCUT2D eigenvalue weighted by atomic mass is 9.87. The average Bonchev–Trinajstić information content (AvgIpc) is 3.13. The Labute approximate surface area is 130 Å². The quantitative estimate of drug-likeness (QED) is 0.864. The predicted molar refractivity (Wildman–Crippen MR) is 90.8 cm³/mol. The lowest BCUT2D eigenvalue weighted by Crippen LogP contribution is -2.16. The van der Waals surface area contributed by atoms with Crippen LogP contribution in [0.4, 0.5) is 0 Å². The highest BCUT2D eigenvalue weighted by molar-refractivity contribution is 7.17. The number of nitrogens with one attached hydrogen (secondary N) is 1. The van der Waals surface area contributed by atoms with E-state index >= 15 is 0 Å². The zero-order valence-electron chi connectivity index (χ0n) is 11.7. The summed E-state index contributed by atoms with van der Waals surface area (Å²) in [7, 11) is 2.07. The van der Waals surface area contributed by atoms with Crippen molar-refractivity contribution in [2.75, 3.05) is 13.6 Å². The number of rotatable bonds is 3. The van der Waals surface area contributed by atoms with Gasteiger partial charge in [-0.25, -0.2) is 0 Å². The van der Waals surface area contributed by atoms with E-state index in [4.69, 9.17) is 0 Å². The number of likely N-dealkylation sites (N-methyl/N-ethyl adjacent to an activating group) is 1. The van der Waals surface area contributed by atoms with Gasteiger partial charge in [-0.1, -0.05) is 18.2 Å². The summed E-state index contributed by atoms with van der Waals surface area (Å²) in [6, 6.07) is 9.04.